The van der Waals surface area contributed by atoms with E-state index in [1.54, 1.807) is 23.9 Å². The maximum atomic E-state index is 12.7. The van der Waals surface area contributed by atoms with Crippen molar-refractivity contribution in [3.8, 4) is 0 Å². The van der Waals surface area contributed by atoms with Gasteiger partial charge < -0.3 is 9.73 Å². The predicted molar refractivity (Wildman–Crippen MR) is 104 cm³/mol. The van der Waals surface area contributed by atoms with Crippen LogP contribution in [0.2, 0.25) is 0 Å². The van der Waals surface area contributed by atoms with E-state index in [1.165, 1.54) is 11.3 Å². The van der Waals surface area contributed by atoms with Gasteiger partial charge in [-0.15, -0.1) is 23.1 Å². The van der Waals surface area contributed by atoms with Gasteiger partial charge in [0, 0.05) is 10.3 Å². The summed E-state index contributed by atoms with van der Waals surface area (Å²) >= 11 is 2.87. The van der Waals surface area contributed by atoms with Crippen molar-refractivity contribution in [3.05, 3.63) is 69.9 Å². The zero-order valence-electron chi connectivity index (χ0n) is 13.2. The fourth-order valence-corrected chi connectivity index (χ4v) is 4.31. The van der Waals surface area contributed by atoms with E-state index in [9.17, 15) is 9.59 Å². The van der Waals surface area contributed by atoms with Crippen molar-refractivity contribution in [1.29, 1.82) is 0 Å². The fourth-order valence-electron chi connectivity index (χ4n) is 2.68. The molecule has 0 aliphatic heterocycles. The Labute approximate surface area is 151 Å². The van der Waals surface area contributed by atoms with Crippen LogP contribution < -0.4 is 10.9 Å². The normalized spacial score (nSPS) is 11.1. The van der Waals surface area contributed by atoms with Gasteiger partial charge in [0.2, 0.25) is 0 Å². The van der Waals surface area contributed by atoms with E-state index in [2.05, 4.69) is 5.32 Å². The molecule has 4 nitrogen and oxygen atoms in total. The number of anilines is 1. The quantitative estimate of drug-likeness (QED) is 0.410. The zero-order valence-corrected chi connectivity index (χ0v) is 14.9. The molecule has 0 bridgehead atoms. The molecule has 2 aromatic heterocycles. The summed E-state index contributed by atoms with van der Waals surface area (Å²) < 4.78 is 6.11. The highest BCUT2D eigenvalue weighted by atomic mass is 32.2. The van der Waals surface area contributed by atoms with E-state index in [-0.39, 0.29) is 5.91 Å². The molecule has 2 heterocycles. The van der Waals surface area contributed by atoms with Gasteiger partial charge in [0.25, 0.3) is 5.91 Å². The average molecular weight is 367 g/mol. The van der Waals surface area contributed by atoms with Gasteiger partial charge in [0.15, 0.2) is 0 Å². The summed E-state index contributed by atoms with van der Waals surface area (Å²) in [5.41, 5.74) is 0.865. The Morgan fingerprint density at radius 3 is 2.68 bits per heavy atom. The second-order valence-corrected chi connectivity index (χ2v) is 7.29. The van der Waals surface area contributed by atoms with Crippen LogP contribution in [0.15, 0.2) is 68.7 Å². The van der Waals surface area contributed by atoms with E-state index in [0.717, 1.165) is 20.7 Å². The third-order valence-corrected chi connectivity index (χ3v) is 5.83. The Bertz CT molecular complexity index is 1160. The van der Waals surface area contributed by atoms with E-state index in [0.29, 0.717) is 15.8 Å². The topological polar surface area (TPSA) is 59.3 Å². The molecule has 1 amide bonds. The second kappa shape index (κ2) is 6.38. The fraction of sp³-hybridized carbons (Fsp3) is 0.0526. The Balaban J connectivity index is 1.79. The van der Waals surface area contributed by atoms with Crippen molar-refractivity contribution >= 4 is 55.7 Å². The van der Waals surface area contributed by atoms with Crippen LogP contribution >= 0.6 is 23.1 Å². The highest BCUT2D eigenvalue weighted by Gasteiger charge is 2.16. The number of amides is 1. The largest absolute Gasteiger partial charge is 0.422 e. The van der Waals surface area contributed by atoms with E-state index in [1.807, 2.05) is 48.7 Å². The van der Waals surface area contributed by atoms with Crippen LogP contribution in [-0.4, -0.2) is 12.2 Å². The Morgan fingerprint density at radius 1 is 1.08 bits per heavy atom. The molecule has 0 aliphatic rings. The molecule has 6 heteroatoms. The second-order valence-electron chi connectivity index (χ2n) is 5.39. The number of nitrogens with one attached hydrogen (secondary N) is 1. The summed E-state index contributed by atoms with van der Waals surface area (Å²) in [6.07, 6.45) is 1.96. The van der Waals surface area contributed by atoms with Gasteiger partial charge >= 0.3 is 5.63 Å². The van der Waals surface area contributed by atoms with E-state index in [4.69, 9.17) is 4.42 Å². The molecule has 0 saturated carbocycles. The van der Waals surface area contributed by atoms with Crippen molar-refractivity contribution in [1.82, 2.24) is 0 Å². The van der Waals surface area contributed by atoms with Crippen molar-refractivity contribution < 1.29 is 9.21 Å². The summed E-state index contributed by atoms with van der Waals surface area (Å²) in [5.74, 6) is -0.230. The molecular formula is C19H13NO3S2. The highest BCUT2D eigenvalue weighted by molar-refractivity contribution is 7.98. The third kappa shape index (κ3) is 2.83. The molecule has 1 N–H and O–H groups in total. The smallest absolute Gasteiger partial charge is 0.345 e. The highest BCUT2D eigenvalue weighted by Crippen LogP contribution is 2.31. The van der Waals surface area contributed by atoms with Crippen molar-refractivity contribution in [2.75, 3.05) is 11.6 Å². The molecule has 4 rings (SSSR count). The lowest BCUT2D eigenvalue weighted by molar-refractivity contribution is 0.103. The van der Waals surface area contributed by atoms with Gasteiger partial charge in [-0.05, 0) is 36.6 Å². The number of hydrogen-bond acceptors (Lipinski definition) is 5. The van der Waals surface area contributed by atoms with Crippen LogP contribution in [0.1, 0.15) is 9.67 Å². The number of thioether (sulfide) groups is 1. The lowest BCUT2D eigenvalue weighted by Gasteiger charge is -2.07. The maximum Gasteiger partial charge on any atom is 0.345 e. The molecule has 2 aromatic carbocycles. The Morgan fingerprint density at radius 2 is 1.84 bits per heavy atom. The first kappa shape index (κ1) is 15.9. The number of carbonyl (C=O) groups is 1. The number of hydrogen-bond donors (Lipinski definition) is 1. The van der Waals surface area contributed by atoms with Crippen LogP contribution in [-0.2, 0) is 0 Å². The number of rotatable bonds is 3. The molecule has 0 radical (unpaired) electrons. The van der Waals surface area contributed by atoms with Crippen LogP contribution in [0.3, 0.4) is 0 Å². The number of thiophene rings is 1. The van der Waals surface area contributed by atoms with Crippen molar-refractivity contribution in [2.24, 2.45) is 0 Å². The molecule has 0 spiro atoms. The summed E-state index contributed by atoms with van der Waals surface area (Å²) in [7, 11) is 0. The van der Waals surface area contributed by atoms with Gasteiger partial charge in [-0.2, -0.15) is 0 Å². The number of para-hydroxylation sites is 2. The minimum atomic E-state index is -0.423. The summed E-state index contributed by atoms with van der Waals surface area (Å²) in [5, 5.41) is 4.20. The molecule has 0 fully saturated rings. The van der Waals surface area contributed by atoms with Gasteiger partial charge in [0.05, 0.1) is 20.7 Å². The maximum absolute atomic E-state index is 12.7. The van der Waals surface area contributed by atoms with Crippen LogP contribution in [0, 0.1) is 0 Å². The zero-order chi connectivity index (χ0) is 17.4. The lowest BCUT2D eigenvalue weighted by Crippen LogP contribution is -2.10. The minimum absolute atomic E-state index is 0.230. The van der Waals surface area contributed by atoms with Crippen LogP contribution in [0.4, 0.5) is 5.69 Å². The SMILES string of the molecule is CSc1ccccc1NC(=O)c1cc2c(=O)oc3ccccc3c2s1. The van der Waals surface area contributed by atoms with Crippen molar-refractivity contribution in [3.63, 3.8) is 0 Å². The van der Waals surface area contributed by atoms with E-state index < -0.39 is 5.63 Å². The van der Waals surface area contributed by atoms with Crippen LogP contribution in [0.5, 0.6) is 0 Å². The number of fused-ring (bicyclic) bond motifs is 3. The number of carbonyl (C=O) groups excluding carboxylic acids is 1. The lowest BCUT2D eigenvalue weighted by atomic mass is 10.2. The van der Waals surface area contributed by atoms with Crippen LogP contribution in [0.25, 0.3) is 21.1 Å². The standard InChI is InChI=1S/C19H13NO3S2/c1-24-15-9-5-3-7-13(15)20-18(21)16-10-12-17(25-16)11-6-2-4-8-14(11)23-19(12)22/h2-10H,1H3,(H,20,21). The Kier molecular flexibility index (Phi) is 4.07. The Hall–Kier alpha value is -2.57. The molecule has 124 valence electrons. The average Bonchev–Trinajstić information content (AvgIpc) is 3.09. The summed E-state index contributed by atoms with van der Waals surface area (Å²) in [4.78, 5) is 26.3. The monoisotopic (exact) mass is 367 g/mol. The van der Waals surface area contributed by atoms with Crippen molar-refractivity contribution in [2.45, 2.75) is 4.90 Å². The third-order valence-electron chi connectivity index (χ3n) is 3.87. The minimum Gasteiger partial charge on any atom is -0.422 e. The first-order valence-corrected chi connectivity index (χ1v) is 9.61. The summed E-state index contributed by atoms with van der Waals surface area (Å²) in [6.45, 7) is 0. The first-order valence-electron chi connectivity index (χ1n) is 7.57. The van der Waals surface area contributed by atoms with Gasteiger partial charge in [-0.1, -0.05) is 24.3 Å². The molecule has 0 atom stereocenters. The molecule has 25 heavy (non-hydrogen) atoms. The molecular weight excluding hydrogens is 354 g/mol. The van der Waals surface area contributed by atoms with E-state index >= 15 is 0 Å². The number of benzene rings is 2. The molecule has 0 aliphatic carbocycles. The molecule has 4 aromatic rings. The van der Waals surface area contributed by atoms with Gasteiger partial charge in [-0.3, -0.25) is 4.79 Å². The molecule has 0 saturated heterocycles. The van der Waals surface area contributed by atoms with Gasteiger partial charge in [-0.25, -0.2) is 4.79 Å². The predicted octanol–water partition coefficient (Wildman–Crippen LogP) is 4.98. The molecule has 0 unspecified atom stereocenters. The van der Waals surface area contributed by atoms with Gasteiger partial charge in [0.1, 0.15) is 5.58 Å². The summed E-state index contributed by atoms with van der Waals surface area (Å²) in [6, 6.07) is 16.6. The first-order chi connectivity index (χ1) is 12.2.